The van der Waals surface area contributed by atoms with Gasteiger partial charge in [-0.15, -0.1) is 11.3 Å². The van der Waals surface area contributed by atoms with Crippen LogP contribution in [0.4, 0.5) is 5.69 Å². The molecule has 8 heteroatoms. The summed E-state index contributed by atoms with van der Waals surface area (Å²) >= 11 is 7.73. The topological polar surface area (TPSA) is 83.7 Å². The van der Waals surface area contributed by atoms with Gasteiger partial charge in [0.15, 0.2) is 5.76 Å². The fourth-order valence-electron chi connectivity index (χ4n) is 2.99. The van der Waals surface area contributed by atoms with Gasteiger partial charge in [0.2, 0.25) is 0 Å². The van der Waals surface area contributed by atoms with Crippen molar-refractivity contribution in [3.8, 4) is 0 Å². The Bertz CT molecular complexity index is 1310. The highest BCUT2D eigenvalue weighted by atomic mass is 35.5. The molecule has 0 aliphatic heterocycles. The summed E-state index contributed by atoms with van der Waals surface area (Å²) in [5, 5.41) is 8.24. The number of aryl methyl sites for hydroxylation is 1. The number of hydrogen-bond donors (Lipinski definition) is 2. The number of anilines is 1. The Labute approximate surface area is 187 Å². The highest BCUT2D eigenvalue weighted by Crippen LogP contribution is 2.35. The summed E-state index contributed by atoms with van der Waals surface area (Å²) < 4.78 is 6.05. The third-order valence-electron chi connectivity index (χ3n) is 4.60. The van der Waals surface area contributed by atoms with Gasteiger partial charge in [-0.3, -0.25) is 9.59 Å². The number of amides is 2. The monoisotopic (exact) mass is 451 g/mol. The summed E-state index contributed by atoms with van der Waals surface area (Å²) in [6, 6.07) is 16.3. The molecular weight excluding hydrogens is 434 g/mol. The first-order valence-electron chi connectivity index (χ1n) is 9.41. The molecule has 4 rings (SSSR count). The van der Waals surface area contributed by atoms with Crippen molar-refractivity contribution in [1.29, 1.82) is 0 Å². The van der Waals surface area contributed by atoms with E-state index in [2.05, 4.69) is 15.8 Å². The molecule has 0 fully saturated rings. The van der Waals surface area contributed by atoms with Gasteiger partial charge < -0.3 is 9.73 Å². The zero-order valence-electron chi connectivity index (χ0n) is 16.7. The summed E-state index contributed by atoms with van der Waals surface area (Å²) in [6.45, 7) is 3.76. The minimum absolute atomic E-state index is 0.221. The number of halogens is 1. The molecular formula is C23H18ClN3O3S. The SMILES string of the molecule is C/C(=N/NC(=O)c1sc2cc(C)ccc2c1Cl)c1cccc(NC(=O)c2ccco2)c1. The molecule has 0 aliphatic rings. The van der Waals surface area contributed by atoms with Crippen LogP contribution in [0.1, 0.15) is 38.3 Å². The number of hydrazone groups is 1. The minimum atomic E-state index is -0.370. The molecule has 0 bridgehead atoms. The van der Waals surface area contributed by atoms with Gasteiger partial charge in [0.1, 0.15) is 4.88 Å². The second-order valence-corrected chi connectivity index (χ2v) is 8.33. The highest BCUT2D eigenvalue weighted by molar-refractivity contribution is 7.21. The molecule has 0 unspecified atom stereocenters. The zero-order valence-corrected chi connectivity index (χ0v) is 18.3. The maximum Gasteiger partial charge on any atom is 0.291 e. The van der Waals surface area contributed by atoms with Crippen molar-refractivity contribution < 1.29 is 14.0 Å². The second-order valence-electron chi connectivity index (χ2n) is 6.90. The molecule has 4 aromatic rings. The summed E-state index contributed by atoms with van der Waals surface area (Å²) in [5.41, 5.74) is 5.58. The summed E-state index contributed by atoms with van der Waals surface area (Å²) in [6.07, 6.45) is 1.44. The van der Waals surface area contributed by atoms with E-state index in [-0.39, 0.29) is 17.6 Å². The molecule has 31 heavy (non-hydrogen) atoms. The Balaban J connectivity index is 1.49. The number of nitrogens with one attached hydrogen (secondary N) is 2. The van der Waals surface area contributed by atoms with Gasteiger partial charge in [0, 0.05) is 15.8 Å². The molecule has 0 radical (unpaired) electrons. The third kappa shape index (κ3) is 4.52. The van der Waals surface area contributed by atoms with Crippen LogP contribution in [0, 0.1) is 6.92 Å². The first-order valence-corrected chi connectivity index (χ1v) is 10.6. The average molecular weight is 452 g/mol. The lowest BCUT2D eigenvalue weighted by Gasteiger charge is -2.07. The number of thiophene rings is 1. The molecule has 2 aromatic heterocycles. The number of rotatable bonds is 5. The molecule has 2 aromatic carbocycles. The van der Waals surface area contributed by atoms with Gasteiger partial charge >= 0.3 is 0 Å². The van der Waals surface area contributed by atoms with Gasteiger partial charge in [0.25, 0.3) is 11.8 Å². The van der Waals surface area contributed by atoms with E-state index in [0.29, 0.717) is 21.3 Å². The Morgan fingerprint density at radius 3 is 2.68 bits per heavy atom. The number of carbonyl (C=O) groups excluding carboxylic acids is 2. The number of nitrogens with zero attached hydrogens (tertiary/aromatic N) is 1. The lowest BCUT2D eigenvalue weighted by Crippen LogP contribution is -2.18. The summed E-state index contributed by atoms with van der Waals surface area (Å²) in [5.74, 6) is -0.497. The number of benzene rings is 2. The van der Waals surface area contributed by atoms with Gasteiger partial charge in [-0.2, -0.15) is 5.10 Å². The normalized spacial score (nSPS) is 11.5. The van der Waals surface area contributed by atoms with Crippen LogP contribution in [0.2, 0.25) is 5.02 Å². The third-order valence-corrected chi connectivity index (χ3v) is 6.26. The Morgan fingerprint density at radius 1 is 1.06 bits per heavy atom. The van der Waals surface area contributed by atoms with E-state index in [1.54, 1.807) is 37.3 Å². The predicted octanol–water partition coefficient (Wildman–Crippen LogP) is 5.86. The Kier molecular flexibility index (Phi) is 5.88. The van der Waals surface area contributed by atoms with E-state index in [1.165, 1.54) is 17.6 Å². The summed E-state index contributed by atoms with van der Waals surface area (Å²) in [7, 11) is 0. The van der Waals surface area contributed by atoms with E-state index in [9.17, 15) is 9.59 Å². The average Bonchev–Trinajstić information content (AvgIpc) is 3.40. The van der Waals surface area contributed by atoms with Crippen molar-refractivity contribution in [3.05, 3.63) is 87.6 Å². The van der Waals surface area contributed by atoms with Crippen LogP contribution in [-0.4, -0.2) is 17.5 Å². The van der Waals surface area contributed by atoms with E-state index >= 15 is 0 Å². The lowest BCUT2D eigenvalue weighted by molar-refractivity contribution is 0.0957. The summed E-state index contributed by atoms with van der Waals surface area (Å²) in [4.78, 5) is 25.2. The second kappa shape index (κ2) is 8.75. The first-order chi connectivity index (χ1) is 14.9. The largest absolute Gasteiger partial charge is 0.459 e. The lowest BCUT2D eigenvalue weighted by atomic mass is 10.1. The van der Waals surface area contributed by atoms with Crippen LogP contribution in [0.15, 0.2) is 70.4 Å². The molecule has 0 saturated heterocycles. The standard InChI is InChI=1S/C23H18ClN3O3S/c1-13-8-9-17-19(11-13)31-21(20(17)24)23(29)27-26-14(2)15-5-3-6-16(12-15)25-22(28)18-7-4-10-30-18/h3-12H,1-2H3,(H,25,28)(H,27,29)/b26-14-. The van der Waals surface area contributed by atoms with Crippen molar-refractivity contribution in [2.75, 3.05) is 5.32 Å². The Hall–Kier alpha value is -3.42. The molecule has 0 aliphatic carbocycles. The number of carbonyl (C=O) groups is 2. The van der Waals surface area contributed by atoms with Gasteiger partial charge in [-0.05, 0) is 55.3 Å². The number of furan rings is 1. The minimum Gasteiger partial charge on any atom is -0.459 e. The number of fused-ring (bicyclic) bond motifs is 1. The van der Waals surface area contributed by atoms with E-state index in [4.69, 9.17) is 16.0 Å². The highest BCUT2D eigenvalue weighted by Gasteiger charge is 2.17. The molecule has 2 amide bonds. The van der Waals surface area contributed by atoms with Crippen LogP contribution in [0.3, 0.4) is 0 Å². The van der Waals surface area contributed by atoms with Gasteiger partial charge in [-0.25, -0.2) is 5.43 Å². The van der Waals surface area contributed by atoms with E-state index < -0.39 is 0 Å². The van der Waals surface area contributed by atoms with Crippen LogP contribution in [0.25, 0.3) is 10.1 Å². The van der Waals surface area contributed by atoms with Crippen molar-refractivity contribution in [2.45, 2.75) is 13.8 Å². The molecule has 156 valence electrons. The van der Waals surface area contributed by atoms with Crippen LogP contribution >= 0.6 is 22.9 Å². The maximum absolute atomic E-state index is 12.6. The zero-order chi connectivity index (χ0) is 22.0. The fourth-order valence-corrected chi connectivity index (χ4v) is 4.50. The predicted molar refractivity (Wildman–Crippen MR) is 124 cm³/mol. The molecule has 2 heterocycles. The smallest absolute Gasteiger partial charge is 0.291 e. The van der Waals surface area contributed by atoms with E-state index in [1.807, 2.05) is 31.2 Å². The van der Waals surface area contributed by atoms with Crippen LogP contribution in [0.5, 0.6) is 0 Å². The van der Waals surface area contributed by atoms with Crippen molar-refractivity contribution >= 4 is 56.2 Å². The Morgan fingerprint density at radius 2 is 1.90 bits per heavy atom. The van der Waals surface area contributed by atoms with E-state index in [0.717, 1.165) is 21.2 Å². The molecule has 0 saturated carbocycles. The molecule has 0 atom stereocenters. The molecule has 0 spiro atoms. The molecule has 6 nitrogen and oxygen atoms in total. The first kappa shape index (κ1) is 20.8. The van der Waals surface area contributed by atoms with Gasteiger partial charge in [-0.1, -0.05) is 35.9 Å². The quantitative estimate of drug-likeness (QED) is 0.294. The van der Waals surface area contributed by atoms with Crippen molar-refractivity contribution in [3.63, 3.8) is 0 Å². The fraction of sp³-hybridized carbons (Fsp3) is 0.0870. The maximum atomic E-state index is 12.6. The van der Waals surface area contributed by atoms with Gasteiger partial charge in [0.05, 0.1) is 17.0 Å². The number of hydrogen-bond acceptors (Lipinski definition) is 5. The van der Waals surface area contributed by atoms with Crippen molar-refractivity contribution in [2.24, 2.45) is 5.10 Å². The van der Waals surface area contributed by atoms with Crippen molar-refractivity contribution in [1.82, 2.24) is 5.43 Å². The van der Waals surface area contributed by atoms with Crippen LogP contribution < -0.4 is 10.7 Å². The molecule has 2 N–H and O–H groups in total. The van der Waals surface area contributed by atoms with Crippen LogP contribution in [-0.2, 0) is 0 Å².